The Morgan fingerprint density at radius 3 is 2.64 bits per heavy atom. The topological polar surface area (TPSA) is 111 Å². The van der Waals surface area contributed by atoms with Crippen LogP contribution in [0.2, 0.25) is 0 Å². The van der Waals surface area contributed by atoms with E-state index in [4.69, 9.17) is 9.72 Å². The first-order valence-electron chi connectivity index (χ1n) is 11.4. The Labute approximate surface area is 212 Å². The molecule has 0 radical (unpaired) electrons. The predicted octanol–water partition coefficient (Wildman–Crippen LogP) is 3.26. The van der Waals surface area contributed by atoms with Crippen molar-refractivity contribution < 1.29 is 22.7 Å². The molecular formula is C25H24N4O5S2. The van der Waals surface area contributed by atoms with Crippen molar-refractivity contribution >= 4 is 44.1 Å². The van der Waals surface area contributed by atoms with E-state index in [1.54, 1.807) is 17.7 Å². The number of hydrogen-bond donors (Lipinski definition) is 0. The summed E-state index contributed by atoms with van der Waals surface area (Å²) in [5.74, 6) is -1.14. The van der Waals surface area contributed by atoms with Crippen molar-refractivity contribution in [1.82, 2.24) is 19.7 Å². The minimum absolute atomic E-state index is 0.0558. The maximum absolute atomic E-state index is 13.3. The highest BCUT2D eigenvalue weighted by atomic mass is 32.2. The third kappa shape index (κ3) is 4.63. The van der Waals surface area contributed by atoms with Crippen molar-refractivity contribution in [2.75, 3.05) is 25.2 Å². The van der Waals surface area contributed by atoms with Gasteiger partial charge in [0, 0.05) is 13.1 Å². The van der Waals surface area contributed by atoms with Gasteiger partial charge in [-0.3, -0.25) is 4.79 Å². The predicted molar refractivity (Wildman–Crippen MR) is 137 cm³/mol. The van der Waals surface area contributed by atoms with E-state index in [9.17, 15) is 18.0 Å². The van der Waals surface area contributed by atoms with Crippen molar-refractivity contribution in [2.24, 2.45) is 0 Å². The second-order valence-corrected chi connectivity index (χ2v) is 11.9. The quantitative estimate of drug-likeness (QED) is 0.356. The van der Waals surface area contributed by atoms with Crippen LogP contribution in [-0.2, 0) is 19.4 Å². The minimum atomic E-state index is -3.14. The van der Waals surface area contributed by atoms with Crippen LogP contribution in [0.3, 0.4) is 0 Å². The van der Waals surface area contributed by atoms with Gasteiger partial charge in [-0.05, 0) is 43.0 Å². The molecule has 1 saturated heterocycles. The van der Waals surface area contributed by atoms with E-state index >= 15 is 0 Å². The molecule has 36 heavy (non-hydrogen) atoms. The summed E-state index contributed by atoms with van der Waals surface area (Å²) in [4.78, 5) is 33.0. The Kier molecular flexibility index (Phi) is 6.35. The van der Waals surface area contributed by atoms with E-state index in [1.165, 1.54) is 23.3 Å². The molecule has 0 bridgehead atoms. The maximum atomic E-state index is 13.3. The van der Waals surface area contributed by atoms with E-state index in [2.05, 4.69) is 5.10 Å². The average molecular weight is 525 g/mol. The molecule has 9 nitrogen and oxygen atoms in total. The number of amides is 1. The van der Waals surface area contributed by atoms with Crippen LogP contribution in [0.4, 0.5) is 0 Å². The second-order valence-electron chi connectivity index (χ2n) is 8.70. The van der Waals surface area contributed by atoms with E-state index in [0.29, 0.717) is 28.8 Å². The number of ether oxygens (including phenoxy) is 1. The van der Waals surface area contributed by atoms with Gasteiger partial charge in [-0.15, -0.1) is 11.3 Å². The molecule has 186 valence electrons. The van der Waals surface area contributed by atoms with Crippen molar-refractivity contribution in [3.63, 3.8) is 0 Å². The molecule has 1 aliphatic heterocycles. The van der Waals surface area contributed by atoms with E-state index < -0.39 is 34.4 Å². The van der Waals surface area contributed by atoms with Crippen LogP contribution < -0.4 is 0 Å². The summed E-state index contributed by atoms with van der Waals surface area (Å²) in [5.41, 5.74) is 2.78. The Bertz CT molecular complexity index is 1550. The zero-order chi connectivity index (χ0) is 25.4. The first kappa shape index (κ1) is 24.1. The average Bonchev–Trinajstić information content (AvgIpc) is 3.61. The van der Waals surface area contributed by atoms with E-state index in [-0.39, 0.29) is 17.1 Å². The fourth-order valence-corrected chi connectivity index (χ4v) is 6.80. The number of benzene rings is 1. The molecule has 11 heteroatoms. The number of thiophene rings is 1. The fraction of sp³-hybridized carbons (Fsp3) is 0.280. The molecule has 3 aromatic heterocycles. The summed E-state index contributed by atoms with van der Waals surface area (Å²) in [6.07, 6.45) is 0.380. The van der Waals surface area contributed by atoms with Gasteiger partial charge < -0.3 is 9.64 Å². The van der Waals surface area contributed by atoms with Crippen molar-refractivity contribution in [3.05, 3.63) is 65.2 Å². The van der Waals surface area contributed by atoms with Gasteiger partial charge in [0.15, 0.2) is 22.1 Å². The number of likely N-dealkylation sites (N-methyl/N-ethyl adjacent to an activating group) is 1. The van der Waals surface area contributed by atoms with Crippen LogP contribution in [0.1, 0.15) is 22.5 Å². The van der Waals surface area contributed by atoms with Crippen molar-refractivity contribution in [2.45, 2.75) is 19.4 Å². The summed E-state index contributed by atoms with van der Waals surface area (Å²) in [6.45, 7) is 1.31. The van der Waals surface area contributed by atoms with Crippen molar-refractivity contribution in [1.29, 1.82) is 0 Å². The highest BCUT2D eigenvalue weighted by Crippen LogP contribution is 2.31. The summed E-state index contributed by atoms with van der Waals surface area (Å²) >= 11 is 1.50. The highest BCUT2D eigenvalue weighted by molar-refractivity contribution is 7.91. The summed E-state index contributed by atoms with van der Waals surface area (Å²) in [6, 6.07) is 14.6. The number of aryl methyl sites for hydroxylation is 1. The molecule has 0 N–H and O–H groups in total. The Hall–Kier alpha value is -3.57. The van der Waals surface area contributed by atoms with E-state index in [1.807, 2.05) is 47.8 Å². The van der Waals surface area contributed by atoms with Gasteiger partial charge in [-0.1, -0.05) is 24.3 Å². The number of esters is 1. The number of fused-ring (bicyclic) bond motifs is 1. The largest absolute Gasteiger partial charge is 0.452 e. The van der Waals surface area contributed by atoms with Gasteiger partial charge in [0.1, 0.15) is 0 Å². The molecule has 5 rings (SSSR count). The monoisotopic (exact) mass is 524 g/mol. The zero-order valence-electron chi connectivity index (χ0n) is 19.7. The normalized spacial score (nSPS) is 16.8. The number of sulfone groups is 1. The number of para-hydroxylation sites is 1. The number of carbonyl (C=O) groups is 2. The summed E-state index contributed by atoms with van der Waals surface area (Å²) in [5, 5.41) is 7.11. The van der Waals surface area contributed by atoms with Gasteiger partial charge in [-0.25, -0.2) is 22.9 Å². The van der Waals surface area contributed by atoms with E-state index in [0.717, 1.165) is 10.6 Å². The maximum Gasteiger partial charge on any atom is 0.339 e. The number of hydrogen-bond acceptors (Lipinski definition) is 8. The standard InChI is InChI=1S/C25H24N4O5S2/c1-16-23-19(25(31)34-14-22(30)28(2)18-10-12-36(32,33)15-18)13-20(21-9-6-11-35-21)26-24(23)29(27-16)17-7-4-3-5-8-17/h3-9,11,13,18H,10,12,14-15H2,1-2H3/t18-/m1/s1. The van der Waals surface area contributed by atoms with Gasteiger partial charge in [-0.2, -0.15) is 5.10 Å². The van der Waals surface area contributed by atoms with Crippen LogP contribution in [0.15, 0.2) is 53.9 Å². The Morgan fingerprint density at radius 1 is 1.19 bits per heavy atom. The van der Waals surface area contributed by atoms with Gasteiger partial charge in [0.2, 0.25) is 0 Å². The SMILES string of the molecule is Cc1nn(-c2ccccc2)c2nc(-c3cccs3)cc(C(=O)OCC(=O)N(C)[C@@H]3CCS(=O)(=O)C3)c12. The number of pyridine rings is 1. The molecule has 1 aromatic carbocycles. The number of aromatic nitrogens is 3. The molecule has 0 saturated carbocycles. The van der Waals surface area contributed by atoms with Crippen LogP contribution in [-0.4, -0.2) is 71.2 Å². The first-order chi connectivity index (χ1) is 17.2. The van der Waals surface area contributed by atoms with Crippen LogP contribution in [0.5, 0.6) is 0 Å². The lowest BCUT2D eigenvalue weighted by atomic mass is 10.1. The molecule has 0 spiro atoms. The van der Waals surface area contributed by atoms with Crippen LogP contribution >= 0.6 is 11.3 Å². The fourth-order valence-electron chi connectivity index (χ4n) is 4.34. The first-order valence-corrected chi connectivity index (χ1v) is 14.1. The molecule has 1 atom stereocenters. The lowest BCUT2D eigenvalue weighted by molar-refractivity contribution is -0.134. The third-order valence-electron chi connectivity index (χ3n) is 6.28. The smallest absolute Gasteiger partial charge is 0.339 e. The van der Waals surface area contributed by atoms with Gasteiger partial charge >= 0.3 is 5.97 Å². The van der Waals surface area contributed by atoms with Gasteiger partial charge in [0.25, 0.3) is 5.91 Å². The summed E-state index contributed by atoms with van der Waals surface area (Å²) < 4.78 is 30.7. The molecule has 0 aliphatic carbocycles. The molecular weight excluding hydrogens is 500 g/mol. The molecule has 4 heterocycles. The zero-order valence-corrected chi connectivity index (χ0v) is 21.4. The number of carbonyl (C=O) groups excluding carboxylic acids is 2. The van der Waals surface area contributed by atoms with Crippen LogP contribution in [0, 0.1) is 6.92 Å². The highest BCUT2D eigenvalue weighted by Gasteiger charge is 2.33. The Balaban J connectivity index is 1.47. The number of nitrogens with zero attached hydrogens (tertiary/aromatic N) is 4. The third-order valence-corrected chi connectivity index (χ3v) is 8.93. The van der Waals surface area contributed by atoms with Gasteiger partial charge in [0.05, 0.1) is 44.4 Å². The minimum Gasteiger partial charge on any atom is -0.452 e. The molecule has 1 aliphatic rings. The lowest BCUT2D eigenvalue weighted by Gasteiger charge is -2.23. The molecule has 1 fully saturated rings. The molecule has 4 aromatic rings. The molecule has 0 unspecified atom stereocenters. The van der Waals surface area contributed by atoms with Crippen molar-refractivity contribution in [3.8, 4) is 16.3 Å². The Morgan fingerprint density at radius 2 is 1.97 bits per heavy atom. The summed E-state index contributed by atoms with van der Waals surface area (Å²) in [7, 11) is -1.60. The van der Waals surface area contributed by atoms with Crippen LogP contribution in [0.25, 0.3) is 27.3 Å². The number of rotatable bonds is 6. The lowest BCUT2D eigenvalue weighted by Crippen LogP contribution is -2.40. The molecule has 1 amide bonds. The second kappa shape index (κ2) is 9.47.